The van der Waals surface area contributed by atoms with Crippen LogP contribution in [0.3, 0.4) is 0 Å². The van der Waals surface area contributed by atoms with E-state index in [2.05, 4.69) is 5.32 Å². The van der Waals surface area contributed by atoms with Crippen LogP contribution in [0.5, 0.6) is 0 Å². The van der Waals surface area contributed by atoms with E-state index >= 15 is 0 Å². The molecule has 1 saturated heterocycles. The Balaban J connectivity index is 2.16. The summed E-state index contributed by atoms with van der Waals surface area (Å²) in [5, 5.41) is 2.33. The molecule has 1 spiro atoms. The number of fused-ring (bicyclic) bond motifs is 2. The van der Waals surface area contributed by atoms with Gasteiger partial charge in [0, 0.05) is 18.4 Å². The first-order valence-electron chi connectivity index (χ1n) is 6.20. The maximum atomic E-state index is 13.3. The monoisotopic (exact) mass is 261 g/mol. The molecule has 2 aliphatic rings. The Morgan fingerprint density at radius 1 is 1.11 bits per heavy atom. The highest BCUT2D eigenvalue weighted by Gasteiger charge is 2.48. The van der Waals surface area contributed by atoms with E-state index in [0.717, 1.165) is 0 Å². The third-order valence-electron chi connectivity index (χ3n) is 4.04. The molecule has 1 N–H and O–H groups in total. The number of ketones is 1. The van der Waals surface area contributed by atoms with Crippen molar-refractivity contribution in [2.75, 3.05) is 0 Å². The molecular formula is C14H12FNO3. The molecule has 1 aromatic rings. The SMILES string of the molecule is O=C1CCC2(CCC(=O)c3cc(F)ccc32)C(=O)N1. The van der Waals surface area contributed by atoms with Gasteiger partial charge in [-0.2, -0.15) is 0 Å². The van der Waals surface area contributed by atoms with Crippen LogP contribution < -0.4 is 5.32 Å². The number of amides is 2. The fourth-order valence-corrected chi connectivity index (χ4v) is 3.01. The van der Waals surface area contributed by atoms with Crippen LogP contribution in [-0.4, -0.2) is 17.6 Å². The number of nitrogens with one attached hydrogen (secondary N) is 1. The van der Waals surface area contributed by atoms with E-state index in [4.69, 9.17) is 0 Å². The van der Waals surface area contributed by atoms with Gasteiger partial charge in [-0.05, 0) is 30.5 Å². The highest BCUT2D eigenvalue weighted by Crippen LogP contribution is 2.42. The first-order chi connectivity index (χ1) is 9.03. The minimum Gasteiger partial charge on any atom is -0.296 e. The van der Waals surface area contributed by atoms with Gasteiger partial charge in [0.2, 0.25) is 11.8 Å². The lowest BCUT2D eigenvalue weighted by Crippen LogP contribution is -2.53. The van der Waals surface area contributed by atoms with Crippen molar-refractivity contribution in [1.29, 1.82) is 0 Å². The number of Topliss-reactive ketones (excluding diaryl/α,β-unsaturated/α-hetero) is 1. The molecule has 0 saturated carbocycles. The molecular weight excluding hydrogens is 249 g/mol. The molecule has 1 aliphatic carbocycles. The third-order valence-corrected chi connectivity index (χ3v) is 4.04. The number of hydrogen-bond donors (Lipinski definition) is 1. The summed E-state index contributed by atoms with van der Waals surface area (Å²) in [4.78, 5) is 35.3. The van der Waals surface area contributed by atoms with Crippen LogP contribution in [0, 0.1) is 5.82 Å². The van der Waals surface area contributed by atoms with Crippen LogP contribution in [0.4, 0.5) is 4.39 Å². The normalized spacial score (nSPS) is 26.3. The van der Waals surface area contributed by atoms with Gasteiger partial charge < -0.3 is 0 Å². The van der Waals surface area contributed by atoms with Crippen LogP contribution in [0.2, 0.25) is 0 Å². The van der Waals surface area contributed by atoms with Gasteiger partial charge in [0.15, 0.2) is 5.78 Å². The summed E-state index contributed by atoms with van der Waals surface area (Å²) in [5.74, 6) is -1.30. The van der Waals surface area contributed by atoms with Crippen molar-refractivity contribution < 1.29 is 18.8 Å². The zero-order valence-corrected chi connectivity index (χ0v) is 10.2. The predicted molar refractivity (Wildman–Crippen MR) is 64.0 cm³/mol. The number of piperidine rings is 1. The number of imide groups is 1. The Kier molecular flexibility index (Phi) is 2.52. The van der Waals surface area contributed by atoms with Crippen LogP contribution in [0.15, 0.2) is 18.2 Å². The van der Waals surface area contributed by atoms with E-state index in [1.807, 2.05) is 0 Å². The molecule has 3 rings (SSSR count). The number of hydrogen-bond acceptors (Lipinski definition) is 3. The minimum absolute atomic E-state index is 0.148. The van der Waals surface area contributed by atoms with Crippen LogP contribution >= 0.6 is 0 Å². The first-order valence-corrected chi connectivity index (χ1v) is 6.20. The second kappa shape index (κ2) is 3.98. The molecule has 0 bridgehead atoms. The van der Waals surface area contributed by atoms with E-state index < -0.39 is 11.2 Å². The quantitative estimate of drug-likeness (QED) is 0.719. The molecule has 1 atom stereocenters. The average Bonchev–Trinajstić information content (AvgIpc) is 2.38. The molecule has 1 aromatic carbocycles. The van der Waals surface area contributed by atoms with Gasteiger partial charge in [-0.25, -0.2) is 4.39 Å². The lowest BCUT2D eigenvalue weighted by molar-refractivity contribution is -0.138. The molecule has 1 fully saturated rings. The standard InChI is InChI=1S/C14H12FNO3/c15-8-1-2-10-9(7-8)11(17)3-5-14(10)6-4-12(18)16-13(14)19/h1-2,7H,3-6H2,(H,16,18,19). The van der Waals surface area contributed by atoms with E-state index in [9.17, 15) is 18.8 Å². The maximum Gasteiger partial charge on any atom is 0.237 e. The third kappa shape index (κ3) is 1.69. The van der Waals surface area contributed by atoms with Crippen molar-refractivity contribution >= 4 is 17.6 Å². The summed E-state index contributed by atoms with van der Waals surface area (Å²) >= 11 is 0. The number of carbonyl (C=O) groups is 3. The maximum absolute atomic E-state index is 13.3. The van der Waals surface area contributed by atoms with Gasteiger partial charge in [-0.15, -0.1) is 0 Å². The van der Waals surface area contributed by atoms with Crippen molar-refractivity contribution in [3.63, 3.8) is 0 Å². The van der Waals surface area contributed by atoms with Crippen molar-refractivity contribution in [3.05, 3.63) is 35.1 Å². The predicted octanol–water partition coefficient (Wildman–Crippen LogP) is 1.48. The van der Waals surface area contributed by atoms with E-state index in [1.165, 1.54) is 18.2 Å². The fourth-order valence-electron chi connectivity index (χ4n) is 3.01. The minimum atomic E-state index is -0.856. The highest BCUT2D eigenvalue weighted by molar-refractivity contribution is 6.08. The van der Waals surface area contributed by atoms with Crippen LogP contribution in [0.1, 0.15) is 41.6 Å². The summed E-state index contributed by atoms with van der Waals surface area (Å²) < 4.78 is 13.3. The molecule has 1 heterocycles. The number of carbonyl (C=O) groups excluding carboxylic acids is 3. The summed E-state index contributed by atoms with van der Waals surface area (Å²) in [7, 11) is 0. The van der Waals surface area contributed by atoms with Crippen molar-refractivity contribution in [2.24, 2.45) is 0 Å². The largest absolute Gasteiger partial charge is 0.296 e. The van der Waals surface area contributed by atoms with Crippen LogP contribution in [-0.2, 0) is 15.0 Å². The zero-order chi connectivity index (χ0) is 13.6. The molecule has 1 aliphatic heterocycles. The number of halogens is 1. The molecule has 1 unspecified atom stereocenters. The van der Waals surface area contributed by atoms with Crippen LogP contribution in [0.25, 0.3) is 0 Å². The molecule has 0 radical (unpaired) electrons. The van der Waals surface area contributed by atoms with Gasteiger partial charge in [-0.1, -0.05) is 6.07 Å². The number of benzene rings is 1. The smallest absolute Gasteiger partial charge is 0.237 e. The highest BCUT2D eigenvalue weighted by atomic mass is 19.1. The fraction of sp³-hybridized carbons (Fsp3) is 0.357. The Hall–Kier alpha value is -2.04. The summed E-state index contributed by atoms with van der Waals surface area (Å²) in [5.41, 5.74) is -0.0314. The molecule has 5 heteroatoms. The lowest BCUT2D eigenvalue weighted by atomic mass is 9.65. The summed E-state index contributed by atoms with van der Waals surface area (Å²) in [6, 6.07) is 3.93. The molecule has 98 valence electrons. The van der Waals surface area contributed by atoms with Crippen molar-refractivity contribution in [3.8, 4) is 0 Å². The molecule has 4 nitrogen and oxygen atoms in total. The van der Waals surface area contributed by atoms with Crippen molar-refractivity contribution in [2.45, 2.75) is 31.1 Å². The molecule has 19 heavy (non-hydrogen) atoms. The van der Waals surface area contributed by atoms with E-state index in [1.54, 1.807) is 0 Å². The molecule has 0 aromatic heterocycles. The summed E-state index contributed by atoms with van der Waals surface area (Å²) in [6.45, 7) is 0. The van der Waals surface area contributed by atoms with E-state index in [0.29, 0.717) is 18.4 Å². The lowest BCUT2D eigenvalue weighted by Gasteiger charge is -2.39. The van der Waals surface area contributed by atoms with Gasteiger partial charge in [-0.3, -0.25) is 19.7 Å². The Morgan fingerprint density at radius 2 is 1.84 bits per heavy atom. The Labute approximate surface area is 109 Å². The van der Waals surface area contributed by atoms with Gasteiger partial charge >= 0.3 is 0 Å². The van der Waals surface area contributed by atoms with Crippen molar-refractivity contribution in [1.82, 2.24) is 5.32 Å². The Bertz CT molecular complexity index is 611. The Morgan fingerprint density at radius 3 is 2.58 bits per heavy atom. The summed E-state index contributed by atoms with van der Waals surface area (Å²) in [6.07, 6.45) is 1.21. The number of rotatable bonds is 0. The second-order valence-corrected chi connectivity index (χ2v) is 5.07. The second-order valence-electron chi connectivity index (χ2n) is 5.07. The zero-order valence-electron chi connectivity index (χ0n) is 10.2. The van der Waals surface area contributed by atoms with Gasteiger partial charge in [0.1, 0.15) is 5.82 Å². The first kappa shape index (κ1) is 12.0. The van der Waals surface area contributed by atoms with Gasteiger partial charge in [0.05, 0.1) is 5.41 Å². The van der Waals surface area contributed by atoms with Gasteiger partial charge in [0.25, 0.3) is 0 Å². The van der Waals surface area contributed by atoms with E-state index in [-0.39, 0.29) is 36.0 Å². The molecule has 2 amide bonds. The average molecular weight is 261 g/mol. The topological polar surface area (TPSA) is 63.2 Å².